The number of amides is 2. The van der Waals surface area contributed by atoms with Crippen LogP contribution in [0, 0.1) is 0 Å². The van der Waals surface area contributed by atoms with Gasteiger partial charge in [0, 0.05) is 18.0 Å². The van der Waals surface area contributed by atoms with Crippen molar-refractivity contribution < 1.29 is 26.4 Å². The molecule has 2 heterocycles. The summed E-state index contributed by atoms with van der Waals surface area (Å²) in [5.41, 5.74) is 0.0226. The van der Waals surface area contributed by atoms with E-state index >= 15 is 0 Å². The van der Waals surface area contributed by atoms with Crippen molar-refractivity contribution >= 4 is 49.0 Å². The fraction of sp³-hybridized carbons (Fsp3) is 0.429. The lowest BCUT2D eigenvalue weighted by molar-refractivity contribution is -0.116. The Bertz CT molecular complexity index is 958. The second-order valence-corrected chi connectivity index (χ2v) is 10.5. The Morgan fingerprint density at radius 3 is 2.48 bits per heavy atom. The molecule has 8 nitrogen and oxygen atoms in total. The van der Waals surface area contributed by atoms with Crippen LogP contribution in [-0.4, -0.2) is 52.0 Å². The molecule has 2 aliphatic heterocycles. The topological polar surface area (TPSA) is 118 Å². The predicted octanol–water partition coefficient (Wildman–Crippen LogP) is 0.323. The van der Waals surface area contributed by atoms with Gasteiger partial charge in [-0.2, -0.15) is 0 Å². The molecule has 1 unspecified atom stereocenters. The highest BCUT2D eigenvalue weighted by molar-refractivity contribution is 7.94. The maximum Gasteiger partial charge on any atom is 0.251 e. The highest BCUT2D eigenvalue weighted by Crippen LogP contribution is 2.32. The molecule has 2 aliphatic rings. The first-order valence-electron chi connectivity index (χ1n) is 7.46. The van der Waals surface area contributed by atoms with Crippen molar-refractivity contribution in [3.63, 3.8) is 0 Å². The first kappa shape index (κ1) is 18.2. The van der Waals surface area contributed by atoms with Gasteiger partial charge in [0.1, 0.15) is 0 Å². The summed E-state index contributed by atoms with van der Waals surface area (Å²) in [6.45, 7) is 0. The summed E-state index contributed by atoms with van der Waals surface area (Å²) in [5.74, 6) is -1.58. The number of benzene rings is 1. The summed E-state index contributed by atoms with van der Waals surface area (Å²) in [4.78, 5) is 24.2. The molecule has 11 heteroatoms. The number of nitrogens with zero attached hydrogens (tertiary/aromatic N) is 1. The number of carbonyl (C=O) groups is 2. The second-order valence-electron chi connectivity index (χ2n) is 5.96. The molecular formula is C14H15ClN2O6S2. The van der Waals surface area contributed by atoms with Gasteiger partial charge in [0.25, 0.3) is 5.91 Å². The SMILES string of the molecule is O=C(NC1CCS(=O)(=O)C1)c1ccc(Cl)c(N2C(=O)CCS2(=O)=O)c1. The molecule has 1 atom stereocenters. The van der Waals surface area contributed by atoms with Crippen LogP contribution in [0.4, 0.5) is 5.69 Å². The van der Waals surface area contributed by atoms with E-state index in [1.54, 1.807) is 0 Å². The Morgan fingerprint density at radius 2 is 1.92 bits per heavy atom. The number of rotatable bonds is 3. The van der Waals surface area contributed by atoms with Crippen LogP contribution >= 0.6 is 11.6 Å². The summed E-state index contributed by atoms with van der Waals surface area (Å²) in [7, 11) is -6.95. The molecule has 2 fully saturated rings. The van der Waals surface area contributed by atoms with E-state index < -0.39 is 37.7 Å². The lowest BCUT2D eigenvalue weighted by atomic mass is 10.1. The average molecular weight is 407 g/mol. The lowest BCUT2D eigenvalue weighted by Gasteiger charge is -2.18. The molecule has 136 valence electrons. The number of sulfonamides is 1. The van der Waals surface area contributed by atoms with Crippen molar-refractivity contribution in [1.29, 1.82) is 0 Å². The zero-order valence-electron chi connectivity index (χ0n) is 12.9. The van der Waals surface area contributed by atoms with Crippen LogP contribution in [0.1, 0.15) is 23.2 Å². The summed E-state index contributed by atoms with van der Waals surface area (Å²) in [6.07, 6.45) is 0.183. The highest BCUT2D eigenvalue weighted by Gasteiger charge is 2.38. The molecule has 0 saturated carbocycles. The quantitative estimate of drug-likeness (QED) is 0.772. The van der Waals surface area contributed by atoms with Gasteiger partial charge in [-0.15, -0.1) is 0 Å². The van der Waals surface area contributed by atoms with Crippen molar-refractivity contribution in [3.8, 4) is 0 Å². The van der Waals surface area contributed by atoms with Gasteiger partial charge in [-0.05, 0) is 24.6 Å². The van der Waals surface area contributed by atoms with Gasteiger partial charge in [0.2, 0.25) is 15.9 Å². The number of hydrogen-bond donors (Lipinski definition) is 1. The molecule has 1 aromatic rings. The van der Waals surface area contributed by atoms with Crippen molar-refractivity contribution in [3.05, 3.63) is 28.8 Å². The number of carbonyl (C=O) groups excluding carboxylic acids is 2. The van der Waals surface area contributed by atoms with Crippen LogP contribution in [0.5, 0.6) is 0 Å². The van der Waals surface area contributed by atoms with Crippen LogP contribution in [-0.2, 0) is 24.7 Å². The fourth-order valence-electron chi connectivity index (χ4n) is 2.84. The van der Waals surface area contributed by atoms with Crippen LogP contribution in [0.15, 0.2) is 18.2 Å². The largest absolute Gasteiger partial charge is 0.348 e. The van der Waals surface area contributed by atoms with E-state index in [0.29, 0.717) is 10.7 Å². The van der Waals surface area contributed by atoms with Crippen molar-refractivity contribution in [2.75, 3.05) is 21.6 Å². The third-order valence-corrected chi connectivity index (χ3v) is 7.84. The molecule has 25 heavy (non-hydrogen) atoms. The minimum Gasteiger partial charge on any atom is -0.348 e. The number of hydrogen-bond acceptors (Lipinski definition) is 6. The van der Waals surface area contributed by atoms with Crippen LogP contribution in [0.2, 0.25) is 5.02 Å². The van der Waals surface area contributed by atoms with Gasteiger partial charge in [0.15, 0.2) is 9.84 Å². The number of sulfone groups is 1. The number of anilines is 1. The molecule has 0 bridgehead atoms. The number of halogens is 1. The predicted molar refractivity (Wildman–Crippen MR) is 91.9 cm³/mol. The molecule has 0 spiro atoms. The van der Waals surface area contributed by atoms with Crippen molar-refractivity contribution in [2.45, 2.75) is 18.9 Å². The Kier molecular flexibility index (Phi) is 4.54. The second kappa shape index (κ2) is 6.26. The first-order chi connectivity index (χ1) is 11.6. The molecule has 2 amide bonds. The third-order valence-electron chi connectivity index (χ3n) is 4.07. The molecule has 0 aliphatic carbocycles. The van der Waals surface area contributed by atoms with Crippen molar-refractivity contribution in [2.24, 2.45) is 0 Å². The normalized spacial score (nSPS) is 24.4. The zero-order valence-corrected chi connectivity index (χ0v) is 15.3. The Morgan fingerprint density at radius 1 is 1.20 bits per heavy atom. The minimum atomic E-state index is -3.80. The van der Waals surface area contributed by atoms with E-state index in [-0.39, 0.29) is 40.0 Å². The van der Waals surface area contributed by atoms with Crippen LogP contribution in [0.25, 0.3) is 0 Å². The van der Waals surface area contributed by atoms with Crippen LogP contribution < -0.4 is 9.62 Å². The van der Waals surface area contributed by atoms with Gasteiger partial charge >= 0.3 is 0 Å². The summed E-state index contributed by atoms with van der Waals surface area (Å²) in [6, 6.07) is 3.45. The molecule has 1 aromatic carbocycles. The number of nitrogens with one attached hydrogen (secondary N) is 1. The molecule has 0 radical (unpaired) electrons. The maximum atomic E-state index is 12.3. The van der Waals surface area contributed by atoms with Gasteiger partial charge in [-0.1, -0.05) is 11.6 Å². The van der Waals surface area contributed by atoms with Crippen molar-refractivity contribution in [1.82, 2.24) is 5.32 Å². The molecule has 3 rings (SSSR count). The molecule has 2 saturated heterocycles. The monoisotopic (exact) mass is 406 g/mol. The summed E-state index contributed by atoms with van der Waals surface area (Å²) < 4.78 is 47.6. The van der Waals surface area contributed by atoms with E-state index in [1.807, 2.05) is 0 Å². The standard InChI is InChI=1S/C14H15ClN2O6S2/c15-11-2-1-9(14(19)16-10-3-5-24(20,21)8-10)7-12(11)17-13(18)4-6-25(17,22)23/h1-2,7,10H,3-6,8H2,(H,16,19). The molecule has 1 N–H and O–H groups in total. The van der Waals surface area contributed by atoms with Gasteiger partial charge < -0.3 is 5.32 Å². The Labute approximate surface area is 150 Å². The minimum absolute atomic E-state index is 0.0182. The zero-order chi connectivity index (χ0) is 18.4. The first-order valence-corrected chi connectivity index (χ1v) is 11.3. The Balaban J connectivity index is 1.87. The van der Waals surface area contributed by atoms with E-state index in [4.69, 9.17) is 11.6 Å². The smallest absolute Gasteiger partial charge is 0.251 e. The van der Waals surface area contributed by atoms with Gasteiger partial charge in [0.05, 0.1) is 28.0 Å². The van der Waals surface area contributed by atoms with E-state index in [1.165, 1.54) is 18.2 Å². The lowest BCUT2D eigenvalue weighted by Crippen LogP contribution is -2.36. The molecule has 0 aromatic heterocycles. The van der Waals surface area contributed by atoms with E-state index in [2.05, 4.69) is 5.32 Å². The Hall–Kier alpha value is -1.65. The summed E-state index contributed by atoms with van der Waals surface area (Å²) >= 11 is 6.01. The fourth-order valence-corrected chi connectivity index (χ4v) is 6.23. The summed E-state index contributed by atoms with van der Waals surface area (Å²) in [5, 5.41) is 2.63. The van der Waals surface area contributed by atoms with Crippen LogP contribution in [0.3, 0.4) is 0 Å². The maximum absolute atomic E-state index is 12.3. The van der Waals surface area contributed by atoms with Gasteiger partial charge in [-0.3, -0.25) is 9.59 Å². The van der Waals surface area contributed by atoms with E-state index in [0.717, 1.165) is 0 Å². The van der Waals surface area contributed by atoms with E-state index in [9.17, 15) is 26.4 Å². The van der Waals surface area contributed by atoms with Gasteiger partial charge in [-0.25, -0.2) is 21.1 Å². The average Bonchev–Trinajstić information content (AvgIpc) is 2.98. The molecular weight excluding hydrogens is 392 g/mol. The highest BCUT2D eigenvalue weighted by atomic mass is 35.5. The third kappa shape index (κ3) is 3.65.